The molecule has 0 spiro atoms. The minimum atomic E-state index is -0.547. The van der Waals surface area contributed by atoms with Crippen LogP contribution in [-0.2, 0) is 4.79 Å². The number of carbonyl (C=O) groups excluding carboxylic acids is 1. The van der Waals surface area contributed by atoms with Gasteiger partial charge in [-0.1, -0.05) is 0 Å². The Bertz CT molecular complexity index is 591. The third kappa shape index (κ3) is 3.11. The largest absolute Gasteiger partial charge is 0.369 e. The molecule has 5 heteroatoms. The topological polar surface area (TPSA) is 68.0 Å². The molecule has 4 nitrogen and oxygen atoms in total. The van der Waals surface area contributed by atoms with Crippen LogP contribution in [0, 0.1) is 5.41 Å². The normalized spacial score (nSPS) is 13.6. The molecule has 3 N–H and O–H groups in total. The van der Waals surface area contributed by atoms with E-state index in [0.29, 0.717) is 6.54 Å². The van der Waals surface area contributed by atoms with Crippen LogP contribution in [0.4, 0.5) is 0 Å². The van der Waals surface area contributed by atoms with E-state index in [1.54, 1.807) is 11.3 Å². The molecule has 0 aliphatic rings. The van der Waals surface area contributed by atoms with Gasteiger partial charge >= 0.3 is 0 Å². The van der Waals surface area contributed by atoms with Gasteiger partial charge in [-0.25, -0.2) is 0 Å². The summed E-state index contributed by atoms with van der Waals surface area (Å²) in [6.45, 7) is 6.30. The third-order valence-electron chi connectivity index (χ3n) is 3.34. The molecule has 0 unspecified atom stereocenters. The summed E-state index contributed by atoms with van der Waals surface area (Å²) in [5, 5.41) is 5.38. The van der Waals surface area contributed by atoms with E-state index >= 15 is 0 Å². The zero-order chi connectivity index (χ0) is 14.0. The minimum absolute atomic E-state index is 0.137. The van der Waals surface area contributed by atoms with Gasteiger partial charge in [0, 0.05) is 18.8 Å². The number of primary amides is 1. The molecule has 0 radical (unpaired) electrons. The van der Waals surface area contributed by atoms with Gasteiger partial charge in [-0.05, 0) is 43.8 Å². The summed E-state index contributed by atoms with van der Waals surface area (Å²) in [6.07, 6.45) is 1.88. The van der Waals surface area contributed by atoms with Gasteiger partial charge in [-0.2, -0.15) is 0 Å². The van der Waals surface area contributed by atoms with Gasteiger partial charge in [-0.15, -0.1) is 11.3 Å². The van der Waals surface area contributed by atoms with E-state index in [-0.39, 0.29) is 11.9 Å². The molecule has 19 heavy (non-hydrogen) atoms. The van der Waals surface area contributed by atoms with Crippen LogP contribution in [-0.4, -0.2) is 17.4 Å². The molecule has 1 amide bonds. The highest BCUT2D eigenvalue weighted by atomic mass is 32.1. The predicted octanol–water partition coefficient (Wildman–Crippen LogP) is 2.46. The van der Waals surface area contributed by atoms with Crippen molar-refractivity contribution in [1.82, 2.24) is 10.3 Å². The molecule has 0 aliphatic carbocycles. The second-order valence-electron chi connectivity index (χ2n) is 5.42. The zero-order valence-electron chi connectivity index (χ0n) is 11.4. The van der Waals surface area contributed by atoms with Crippen LogP contribution in [0.25, 0.3) is 10.2 Å². The number of nitrogens with one attached hydrogen (secondary N) is 1. The number of thiophene rings is 1. The number of nitrogens with zero attached hydrogens (tertiary/aromatic N) is 1. The Balaban J connectivity index is 2.07. The van der Waals surface area contributed by atoms with Crippen LogP contribution in [0.2, 0.25) is 0 Å². The molecule has 0 saturated carbocycles. The van der Waals surface area contributed by atoms with Gasteiger partial charge in [0.2, 0.25) is 5.91 Å². The first-order valence-electron chi connectivity index (χ1n) is 6.26. The van der Waals surface area contributed by atoms with E-state index in [0.717, 1.165) is 11.1 Å². The number of hydrogen-bond donors (Lipinski definition) is 2. The summed E-state index contributed by atoms with van der Waals surface area (Å²) in [4.78, 5) is 15.7. The average Bonchev–Trinajstić information content (AvgIpc) is 2.82. The SMILES string of the molecule is C[C@@H](NCC(C)(C)C(N)=O)c1cnc2ccsc2c1. The number of carbonyl (C=O) groups is 1. The van der Waals surface area contributed by atoms with Crippen LogP contribution in [0.5, 0.6) is 0 Å². The number of aromatic nitrogens is 1. The molecule has 0 bridgehead atoms. The summed E-state index contributed by atoms with van der Waals surface area (Å²) in [7, 11) is 0. The predicted molar refractivity (Wildman–Crippen MR) is 79.0 cm³/mol. The number of rotatable bonds is 5. The van der Waals surface area contributed by atoms with E-state index in [9.17, 15) is 4.79 Å². The number of amides is 1. The minimum Gasteiger partial charge on any atom is -0.369 e. The number of fused-ring (bicyclic) bond motifs is 1. The lowest BCUT2D eigenvalue weighted by molar-refractivity contribution is -0.125. The average molecular weight is 277 g/mol. The molecular formula is C14H19N3OS. The lowest BCUT2D eigenvalue weighted by Gasteiger charge is -2.24. The van der Waals surface area contributed by atoms with Crippen LogP contribution in [0.15, 0.2) is 23.7 Å². The maximum absolute atomic E-state index is 11.3. The number of hydrogen-bond acceptors (Lipinski definition) is 4. The highest BCUT2D eigenvalue weighted by molar-refractivity contribution is 7.17. The Kier molecular flexibility index (Phi) is 3.87. The van der Waals surface area contributed by atoms with Crippen molar-refractivity contribution in [2.45, 2.75) is 26.8 Å². The summed E-state index contributed by atoms with van der Waals surface area (Å²) in [5.74, 6) is -0.293. The van der Waals surface area contributed by atoms with E-state index in [1.165, 1.54) is 4.70 Å². The molecule has 0 aromatic carbocycles. The second kappa shape index (κ2) is 5.27. The van der Waals surface area contributed by atoms with Gasteiger partial charge in [0.05, 0.1) is 15.6 Å². The standard InChI is InChI=1S/C14H19N3OS/c1-9(17-8-14(2,3)13(15)18)10-6-12-11(16-7-10)4-5-19-12/h4-7,9,17H,8H2,1-3H3,(H2,15,18)/t9-/m1/s1. The van der Waals surface area contributed by atoms with Crippen LogP contribution in [0.3, 0.4) is 0 Å². The van der Waals surface area contributed by atoms with Crippen molar-refractivity contribution in [3.05, 3.63) is 29.3 Å². The molecule has 2 aromatic heterocycles. The van der Waals surface area contributed by atoms with Crippen molar-refractivity contribution in [2.75, 3.05) is 6.54 Å². The summed E-state index contributed by atoms with van der Waals surface area (Å²) in [6, 6.07) is 4.29. The van der Waals surface area contributed by atoms with E-state index in [1.807, 2.05) is 31.5 Å². The van der Waals surface area contributed by atoms with Crippen LogP contribution >= 0.6 is 11.3 Å². The van der Waals surface area contributed by atoms with E-state index in [2.05, 4.69) is 23.3 Å². The van der Waals surface area contributed by atoms with Gasteiger partial charge in [0.15, 0.2) is 0 Å². The summed E-state index contributed by atoms with van der Waals surface area (Å²) < 4.78 is 1.18. The van der Waals surface area contributed by atoms with Crippen molar-refractivity contribution in [3.8, 4) is 0 Å². The monoisotopic (exact) mass is 277 g/mol. The quantitative estimate of drug-likeness (QED) is 0.882. The lowest BCUT2D eigenvalue weighted by Crippen LogP contribution is -2.41. The van der Waals surface area contributed by atoms with Crippen LogP contribution < -0.4 is 11.1 Å². The fourth-order valence-electron chi connectivity index (χ4n) is 1.71. The second-order valence-corrected chi connectivity index (χ2v) is 6.37. The Labute approximate surface area is 117 Å². The summed E-state index contributed by atoms with van der Waals surface area (Å²) >= 11 is 1.68. The summed E-state index contributed by atoms with van der Waals surface area (Å²) in [5.41, 5.74) is 6.97. The Morgan fingerprint density at radius 2 is 2.32 bits per heavy atom. The van der Waals surface area contributed by atoms with Gasteiger partial charge < -0.3 is 11.1 Å². The van der Waals surface area contributed by atoms with E-state index in [4.69, 9.17) is 5.73 Å². The first-order valence-corrected chi connectivity index (χ1v) is 7.14. The van der Waals surface area contributed by atoms with Crippen molar-refractivity contribution in [1.29, 1.82) is 0 Å². The first kappa shape index (κ1) is 14.0. The third-order valence-corrected chi connectivity index (χ3v) is 4.19. The fourth-order valence-corrected chi connectivity index (χ4v) is 2.50. The number of nitrogens with two attached hydrogens (primary N) is 1. The highest BCUT2D eigenvalue weighted by Gasteiger charge is 2.25. The first-order chi connectivity index (χ1) is 8.90. The van der Waals surface area contributed by atoms with Gasteiger partial charge in [0.25, 0.3) is 0 Å². The number of pyridine rings is 1. The van der Waals surface area contributed by atoms with Crippen molar-refractivity contribution in [2.24, 2.45) is 11.1 Å². The molecule has 2 aromatic rings. The Morgan fingerprint density at radius 3 is 3.00 bits per heavy atom. The molecule has 0 aliphatic heterocycles. The Hall–Kier alpha value is -1.46. The Morgan fingerprint density at radius 1 is 1.58 bits per heavy atom. The van der Waals surface area contributed by atoms with Crippen molar-refractivity contribution < 1.29 is 4.79 Å². The van der Waals surface area contributed by atoms with Crippen molar-refractivity contribution in [3.63, 3.8) is 0 Å². The lowest BCUT2D eigenvalue weighted by atomic mass is 9.92. The smallest absolute Gasteiger partial charge is 0.224 e. The van der Waals surface area contributed by atoms with E-state index < -0.39 is 5.41 Å². The van der Waals surface area contributed by atoms with Crippen molar-refractivity contribution >= 4 is 27.5 Å². The molecule has 2 heterocycles. The molecule has 0 saturated heterocycles. The highest BCUT2D eigenvalue weighted by Crippen LogP contribution is 2.23. The fraction of sp³-hybridized carbons (Fsp3) is 0.429. The molecule has 2 rings (SSSR count). The molecule has 1 atom stereocenters. The van der Waals surface area contributed by atoms with Crippen LogP contribution in [0.1, 0.15) is 32.4 Å². The maximum atomic E-state index is 11.3. The molecule has 102 valence electrons. The molecular weight excluding hydrogens is 258 g/mol. The van der Waals surface area contributed by atoms with Gasteiger partial charge in [0.1, 0.15) is 0 Å². The zero-order valence-corrected chi connectivity index (χ0v) is 12.3. The molecule has 0 fully saturated rings. The van der Waals surface area contributed by atoms with Gasteiger partial charge in [-0.3, -0.25) is 9.78 Å². The maximum Gasteiger partial charge on any atom is 0.224 e.